The molecule has 122 valence electrons. The van der Waals surface area contributed by atoms with Gasteiger partial charge in [0.2, 0.25) is 0 Å². The van der Waals surface area contributed by atoms with Crippen LogP contribution in [-0.4, -0.2) is 26.2 Å². The number of hydrogen-bond acceptors (Lipinski definition) is 4. The normalized spacial score (nSPS) is 26.2. The van der Waals surface area contributed by atoms with Crippen molar-refractivity contribution >= 4 is 11.9 Å². The predicted octanol–water partition coefficient (Wildman–Crippen LogP) is 1.60. The molecule has 1 aromatic carbocycles. The van der Waals surface area contributed by atoms with Gasteiger partial charge in [0, 0.05) is 17.7 Å². The lowest BCUT2D eigenvalue weighted by Crippen LogP contribution is -2.62. The number of carbonyl (C=O) groups is 2. The average molecular weight is 324 g/mol. The summed E-state index contributed by atoms with van der Waals surface area (Å²) in [5.41, 5.74) is 3.18. The lowest BCUT2D eigenvalue weighted by Gasteiger charge is -2.42. The second kappa shape index (κ2) is 5.44. The molecule has 3 heterocycles. The van der Waals surface area contributed by atoms with Gasteiger partial charge in [0.1, 0.15) is 5.92 Å². The van der Waals surface area contributed by atoms with Crippen molar-refractivity contribution in [2.24, 2.45) is 11.8 Å². The van der Waals surface area contributed by atoms with Crippen LogP contribution in [0.5, 0.6) is 0 Å². The molecule has 2 aliphatic heterocycles. The van der Waals surface area contributed by atoms with Crippen LogP contribution in [0.25, 0.3) is 0 Å². The van der Waals surface area contributed by atoms with E-state index in [0.29, 0.717) is 0 Å². The van der Waals surface area contributed by atoms with E-state index in [-0.39, 0.29) is 23.9 Å². The number of nitrogens with zero attached hydrogens (tertiary/aromatic N) is 1. The molecule has 5 nitrogen and oxygen atoms in total. The van der Waals surface area contributed by atoms with Crippen molar-refractivity contribution in [3.8, 4) is 0 Å². The van der Waals surface area contributed by atoms with Gasteiger partial charge in [-0.05, 0) is 5.56 Å². The van der Waals surface area contributed by atoms with E-state index in [9.17, 15) is 9.59 Å². The van der Waals surface area contributed by atoms with Crippen molar-refractivity contribution in [3.63, 3.8) is 0 Å². The minimum atomic E-state index is -0.595. The second-order valence-electron chi connectivity index (χ2n) is 6.18. The third kappa shape index (κ3) is 1.84. The Balaban J connectivity index is 2.02. The fourth-order valence-corrected chi connectivity index (χ4v) is 4.34. The number of aromatic nitrogens is 1. The topological polar surface area (TPSA) is 56.5 Å². The van der Waals surface area contributed by atoms with Crippen LogP contribution in [-0.2, 0) is 19.1 Å². The number of benzene rings is 1. The molecule has 24 heavy (non-hydrogen) atoms. The molecule has 0 N–H and O–H groups in total. The van der Waals surface area contributed by atoms with Crippen LogP contribution in [0.15, 0.2) is 48.7 Å². The van der Waals surface area contributed by atoms with E-state index in [2.05, 4.69) is 4.57 Å². The highest BCUT2D eigenvalue weighted by atomic mass is 16.5. The zero-order valence-corrected chi connectivity index (χ0v) is 13.5. The second-order valence-corrected chi connectivity index (χ2v) is 6.18. The monoisotopic (exact) mass is 324 g/mol. The summed E-state index contributed by atoms with van der Waals surface area (Å²) < 4.78 is 12.2. The van der Waals surface area contributed by atoms with Gasteiger partial charge in [0.25, 0.3) is 0 Å². The number of esters is 2. The Kier molecular flexibility index (Phi) is 3.37. The molecule has 0 amide bonds. The van der Waals surface area contributed by atoms with Crippen molar-refractivity contribution in [3.05, 3.63) is 65.5 Å². The quantitative estimate of drug-likeness (QED) is 0.622. The minimum Gasteiger partial charge on any atom is -0.469 e. The minimum absolute atomic E-state index is 0.219. The van der Waals surface area contributed by atoms with E-state index in [1.807, 2.05) is 48.7 Å². The van der Waals surface area contributed by atoms with E-state index in [0.717, 1.165) is 16.8 Å². The molecule has 0 saturated carbocycles. The Morgan fingerprint density at radius 3 is 2.21 bits per heavy atom. The van der Waals surface area contributed by atoms with Crippen molar-refractivity contribution in [2.75, 3.05) is 14.2 Å². The molecule has 5 rings (SSSR count). The predicted molar refractivity (Wildman–Crippen MR) is 84.1 cm³/mol. The molecule has 3 aliphatic rings. The fraction of sp³-hybridized carbons (Fsp3) is 0.316. The summed E-state index contributed by atoms with van der Waals surface area (Å²) >= 11 is 0. The van der Waals surface area contributed by atoms with Crippen LogP contribution in [0.1, 0.15) is 28.8 Å². The first-order valence-corrected chi connectivity index (χ1v) is 7.93. The molecule has 0 fully saturated rings. The van der Waals surface area contributed by atoms with Gasteiger partial charge < -0.3 is 9.47 Å². The summed E-state index contributed by atoms with van der Waals surface area (Å²) in [6.45, 7) is 0. The molecule has 2 aromatic rings. The molecule has 1 aliphatic carbocycles. The van der Waals surface area contributed by atoms with Crippen LogP contribution in [0.3, 0.4) is 0 Å². The fourth-order valence-electron chi connectivity index (χ4n) is 4.34. The molecular weight excluding hydrogens is 306 g/mol. The number of methoxy groups -OCH3 is 2. The molecule has 0 saturated heterocycles. The summed E-state index contributed by atoms with van der Waals surface area (Å²) in [6.07, 6.45) is 1.96. The summed E-state index contributed by atoms with van der Waals surface area (Å²) in [5, 5.41) is 0. The summed E-state index contributed by atoms with van der Waals surface area (Å²) in [4.78, 5) is 25.1. The Morgan fingerprint density at radius 2 is 1.50 bits per heavy atom. The van der Waals surface area contributed by atoms with Gasteiger partial charge in [-0.1, -0.05) is 30.3 Å². The van der Waals surface area contributed by atoms with Gasteiger partial charge in [-0.2, -0.15) is 4.57 Å². The summed E-state index contributed by atoms with van der Waals surface area (Å²) in [7, 11) is 2.73. The van der Waals surface area contributed by atoms with E-state index >= 15 is 0 Å². The zero-order valence-electron chi connectivity index (χ0n) is 13.5. The highest BCUT2D eigenvalue weighted by molar-refractivity contribution is 5.85. The van der Waals surface area contributed by atoms with Crippen molar-refractivity contribution in [1.82, 2.24) is 0 Å². The van der Waals surface area contributed by atoms with Gasteiger partial charge in [-0.15, -0.1) is 0 Å². The maximum absolute atomic E-state index is 12.6. The first-order chi connectivity index (χ1) is 11.7. The SMILES string of the molecule is COC(=O)C1C2c3ccccc3C(C1C(=O)OC)[n+]1ccccc12. The van der Waals surface area contributed by atoms with E-state index in [4.69, 9.17) is 9.47 Å². The summed E-state index contributed by atoms with van der Waals surface area (Å²) in [6, 6.07) is 13.6. The third-order valence-electron chi connectivity index (χ3n) is 5.22. The van der Waals surface area contributed by atoms with Crippen molar-refractivity contribution < 1.29 is 23.6 Å². The maximum atomic E-state index is 12.6. The zero-order chi connectivity index (χ0) is 16.8. The summed E-state index contributed by atoms with van der Waals surface area (Å²) in [5.74, 6) is -2.14. The Hall–Kier alpha value is -2.69. The first-order valence-electron chi connectivity index (χ1n) is 7.93. The molecule has 5 heteroatoms. The standard InChI is InChI=1S/C19H18NO4/c1-23-18(21)15-14-11-7-3-4-8-12(11)17(16(15)19(22)24-2)20-10-6-5-9-13(14)20/h3-10,14-17H,1-2H3/q+1. The highest BCUT2D eigenvalue weighted by Crippen LogP contribution is 2.52. The molecule has 4 unspecified atom stereocenters. The third-order valence-corrected chi connectivity index (χ3v) is 5.22. The van der Waals surface area contributed by atoms with Crippen molar-refractivity contribution in [1.29, 1.82) is 0 Å². The lowest BCUT2D eigenvalue weighted by atomic mass is 9.62. The molecular formula is C19H18NO4+. The number of hydrogen-bond donors (Lipinski definition) is 0. The van der Waals surface area contributed by atoms with E-state index < -0.39 is 11.8 Å². The van der Waals surface area contributed by atoms with Gasteiger partial charge in [0.15, 0.2) is 17.9 Å². The largest absolute Gasteiger partial charge is 0.469 e. The van der Waals surface area contributed by atoms with E-state index in [1.165, 1.54) is 14.2 Å². The van der Waals surface area contributed by atoms with Crippen LogP contribution >= 0.6 is 0 Å². The molecule has 0 radical (unpaired) electrons. The lowest BCUT2D eigenvalue weighted by molar-refractivity contribution is -0.737. The Morgan fingerprint density at radius 1 is 0.875 bits per heavy atom. The van der Waals surface area contributed by atoms with Gasteiger partial charge in [-0.25, -0.2) is 0 Å². The van der Waals surface area contributed by atoms with Gasteiger partial charge in [-0.3, -0.25) is 9.59 Å². The number of ether oxygens (including phenoxy) is 2. The van der Waals surface area contributed by atoms with Crippen molar-refractivity contribution in [2.45, 2.75) is 12.0 Å². The van der Waals surface area contributed by atoms with E-state index in [1.54, 1.807) is 0 Å². The smallest absolute Gasteiger partial charge is 0.316 e. The number of fused-ring (bicyclic) bond motifs is 1. The van der Waals surface area contributed by atoms with Crippen LogP contribution in [0, 0.1) is 11.8 Å². The van der Waals surface area contributed by atoms with Gasteiger partial charge in [0.05, 0.1) is 26.1 Å². The number of rotatable bonds is 2. The highest BCUT2D eigenvalue weighted by Gasteiger charge is 2.61. The maximum Gasteiger partial charge on any atom is 0.316 e. The Labute approximate surface area is 139 Å². The molecule has 4 atom stereocenters. The first kappa shape index (κ1) is 14.9. The van der Waals surface area contributed by atoms with Crippen LogP contribution in [0.2, 0.25) is 0 Å². The molecule has 0 spiro atoms. The van der Waals surface area contributed by atoms with Crippen LogP contribution in [0.4, 0.5) is 0 Å². The number of carbonyl (C=O) groups excluding carboxylic acids is 2. The molecule has 2 bridgehead atoms. The van der Waals surface area contributed by atoms with Crippen LogP contribution < -0.4 is 4.57 Å². The Bertz CT molecular complexity index is 716. The molecule has 1 aromatic heterocycles. The number of pyridine rings is 1. The van der Waals surface area contributed by atoms with Gasteiger partial charge >= 0.3 is 11.9 Å². The average Bonchev–Trinajstić information content (AvgIpc) is 2.66.